The van der Waals surface area contributed by atoms with E-state index in [1.807, 2.05) is 12.1 Å². The molecule has 2 fully saturated rings. The Bertz CT molecular complexity index is 610. The first-order chi connectivity index (χ1) is 12.1. The zero-order valence-corrected chi connectivity index (χ0v) is 14.2. The van der Waals surface area contributed by atoms with Crippen LogP contribution in [0.2, 0.25) is 0 Å². The van der Waals surface area contributed by atoms with E-state index in [0.29, 0.717) is 52.5 Å². The number of anilines is 1. The topological polar surface area (TPSA) is 85.4 Å². The largest absolute Gasteiger partial charge is 0.506 e. The predicted molar refractivity (Wildman–Crippen MR) is 92.7 cm³/mol. The molecule has 2 aliphatic heterocycles. The molecule has 0 saturated carbocycles. The van der Waals surface area contributed by atoms with Gasteiger partial charge in [-0.1, -0.05) is 12.1 Å². The Morgan fingerprint density at radius 3 is 2.36 bits per heavy atom. The molecule has 0 unspecified atom stereocenters. The smallest absolute Gasteiger partial charge is 0.317 e. The van der Waals surface area contributed by atoms with Gasteiger partial charge in [0, 0.05) is 39.3 Å². The molecule has 1 aromatic rings. The van der Waals surface area contributed by atoms with Crippen molar-refractivity contribution in [2.45, 2.75) is 0 Å². The van der Waals surface area contributed by atoms with Crippen LogP contribution < -0.4 is 10.2 Å². The lowest BCUT2D eigenvalue weighted by Gasteiger charge is -2.36. The fourth-order valence-electron chi connectivity index (χ4n) is 3.07. The fourth-order valence-corrected chi connectivity index (χ4v) is 3.07. The van der Waals surface area contributed by atoms with Crippen LogP contribution in [0.5, 0.6) is 5.75 Å². The third-order valence-corrected chi connectivity index (χ3v) is 4.54. The van der Waals surface area contributed by atoms with Crippen LogP contribution in [0, 0.1) is 0 Å². The van der Waals surface area contributed by atoms with Crippen molar-refractivity contribution < 1.29 is 19.4 Å². The summed E-state index contributed by atoms with van der Waals surface area (Å²) >= 11 is 0. The van der Waals surface area contributed by atoms with Crippen molar-refractivity contribution in [3.63, 3.8) is 0 Å². The lowest BCUT2D eigenvalue weighted by Crippen LogP contribution is -2.53. The van der Waals surface area contributed by atoms with Gasteiger partial charge in [-0.3, -0.25) is 4.79 Å². The molecule has 0 radical (unpaired) electrons. The van der Waals surface area contributed by atoms with E-state index in [-0.39, 0.29) is 24.2 Å². The number of nitrogens with zero attached hydrogens (tertiary/aromatic N) is 3. The van der Waals surface area contributed by atoms with Crippen LogP contribution in [0.4, 0.5) is 10.5 Å². The molecule has 2 saturated heterocycles. The predicted octanol–water partition coefficient (Wildman–Crippen LogP) is 0.0826. The lowest BCUT2D eigenvalue weighted by molar-refractivity contribution is -0.134. The highest BCUT2D eigenvalue weighted by Crippen LogP contribution is 2.27. The second-order valence-electron chi connectivity index (χ2n) is 6.11. The number of rotatable bonds is 3. The molecule has 8 nitrogen and oxygen atoms in total. The summed E-state index contributed by atoms with van der Waals surface area (Å²) in [5, 5.41) is 12.6. The van der Waals surface area contributed by atoms with Crippen molar-refractivity contribution in [2.24, 2.45) is 0 Å². The first-order valence-electron chi connectivity index (χ1n) is 8.56. The van der Waals surface area contributed by atoms with E-state index in [4.69, 9.17) is 4.74 Å². The van der Waals surface area contributed by atoms with E-state index >= 15 is 0 Å². The normalized spacial score (nSPS) is 18.2. The van der Waals surface area contributed by atoms with Crippen LogP contribution in [0.15, 0.2) is 24.3 Å². The molecule has 3 amide bonds. The zero-order valence-electron chi connectivity index (χ0n) is 14.2. The van der Waals surface area contributed by atoms with Gasteiger partial charge in [-0.05, 0) is 12.1 Å². The number of aromatic hydroxyl groups is 1. The standard InChI is InChI=1S/C17H24N4O4/c22-15-4-2-1-3-14(15)19-5-7-21(8-6-19)17(24)18-13-16(23)20-9-11-25-12-10-20/h1-4,22H,5-13H2,(H,18,24). The number of carbonyl (C=O) groups is 2. The fraction of sp³-hybridized carbons (Fsp3) is 0.529. The number of phenols is 1. The van der Waals surface area contributed by atoms with Crippen LogP contribution in [0.3, 0.4) is 0 Å². The van der Waals surface area contributed by atoms with Gasteiger partial charge in [0.25, 0.3) is 0 Å². The SMILES string of the molecule is O=C(CNC(=O)N1CCN(c2ccccc2O)CC1)N1CCOCC1. The molecule has 2 heterocycles. The highest BCUT2D eigenvalue weighted by Gasteiger charge is 2.23. The lowest BCUT2D eigenvalue weighted by atomic mass is 10.2. The van der Waals surface area contributed by atoms with Crippen LogP contribution in [-0.4, -0.2) is 85.9 Å². The zero-order chi connectivity index (χ0) is 17.6. The third kappa shape index (κ3) is 4.33. The first kappa shape index (κ1) is 17.3. The van der Waals surface area contributed by atoms with Gasteiger partial charge in [-0.25, -0.2) is 4.79 Å². The quantitative estimate of drug-likeness (QED) is 0.808. The number of amides is 3. The van der Waals surface area contributed by atoms with Crippen LogP contribution >= 0.6 is 0 Å². The maximum Gasteiger partial charge on any atom is 0.317 e. The van der Waals surface area contributed by atoms with Gasteiger partial charge in [0.15, 0.2) is 0 Å². The highest BCUT2D eigenvalue weighted by atomic mass is 16.5. The van der Waals surface area contributed by atoms with Crippen LogP contribution in [0.1, 0.15) is 0 Å². The van der Waals surface area contributed by atoms with Crippen molar-refractivity contribution in [1.29, 1.82) is 0 Å². The van der Waals surface area contributed by atoms with Crippen molar-refractivity contribution in [3.8, 4) is 5.75 Å². The number of morpholine rings is 1. The second-order valence-corrected chi connectivity index (χ2v) is 6.11. The molecule has 2 aliphatic rings. The number of benzene rings is 1. The van der Waals surface area contributed by atoms with Gasteiger partial charge in [0.2, 0.25) is 5.91 Å². The number of urea groups is 1. The minimum absolute atomic E-state index is 0.0124. The number of piperazine rings is 1. The molecule has 3 rings (SSSR count). The first-order valence-corrected chi connectivity index (χ1v) is 8.56. The minimum Gasteiger partial charge on any atom is -0.506 e. The van der Waals surface area contributed by atoms with Gasteiger partial charge < -0.3 is 29.9 Å². The number of nitrogens with one attached hydrogen (secondary N) is 1. The molecule has 0 aliphatic carbocycles. The van der Waals surface area contributed by atoms with E-state index in [1.54, 1.807) is 21.9 Å². The Morgan fingerprint density at radius 1 is 1.00 bits per heavy atom. The Kier molecular flexibility index (Phi) is 5.60. The van der Waals surface area contributed by atoms with E-state index in [2.05, 4.69) is 10.2 Å². The second kappa shape index (κ2) is 8.06. The molecule has 0 atom stereocenters. The summed E-state index contributed by atoms with van der Waals surface area (Å²) in [5.41, 5.74) is 0.782. The van der Waals surface area contributed by atoms with Crippen molar-refractivity contribution in [1.82, 2.24) is 15.1 Å². The van der Waals surface area contributed by atoms with Crippen molar-refractivity contribution in [2.75, 3.05) is 63.9 Å². The summed E-state index contributed by atoms with van der Waals surface area (Å²) in [6.45, 7) is 4.64. The third-order valence-electron chi connectivity index (χ3n) is 4.54. The van der Waals surface area contributed by atoms with E-state index in [9.17, 15) is 14.7 Å². The molecular formula is C17H24N4O4. The number of hydrogen-bond donors (Lipinski definition) is 2. The summed E-state index contributed by atoms with van der Waals surface area (Å²) in [4.78, 5) is 29.8. The van der Waals surface area contributed by atoms with E-state index < -0.39 is 0 Å². The maximum absolute atomic E-state index is 12.2. The molecule has 0 aromatic heterocycles. The molecule has 0 bridgehead atoms. The number of carbonyl (C=O) groups excluding carboxylic acids is 2. The summed E-state index contributed by atoms with van der Waals surface area (Å²) in [5.74, 6) is 0.168. The van der Waals surface area contributed by atoms with Gasteiger partial charge in [0.05, 0.1) is 25.4 Å². The Morgan fingerprint density at radius 2 is 1.68 bits per heavy atom. The molecule has 8 heteroatoms. The Labute approximate surface area is 146 Å². The highest BCUT2D eigenvalue weighted by molar-refractivity contribution is 5.84. The van der Waals surface area contributed by atoms with Crippen LogP contribution in [-0.2, 0) is 9.53 Å². The molecule has 136 valence electrons. The number of hydrogen-bond acceptors (Lipinski definition) is 5. The summed E-state index contributed by atoms with van der Waals surface area (Å²) < 4.78 is 5.21. The monoisotopic (exact) mass is 348 g/mol. The Hall–Kier alpha value is -2.48. The van der Waals surface area contributed by atoms with Gasteiger partial charge in [0.1, 0.15) is 5.75 Å². The van der Waals surface area contributed by atoms with Gasteiger partial charge >= 0.3 is 6.03 Å². The molecular weight excluding hydrogens is 324 g/mol. The molecule has 1 aromatic carbocycles. The van der Waals surface area contributed by atoms with E-state index in [0.717, 1.165) is 5.69 Å². The number of para-hydroxylation sites is 2. The summed E-state index contributed by atoms with van der Waals surface area (Å²) in [6.07, 6.45) is 0. The molecule has 25 heavy (non-hydrogen) atoms. The van der Waals surface area contributed by atoms with E-state index in [1.165, 1.54) is 0 Å². The van der Waals surface area contributed by atoms with Gasteiger partial charge in [-0.15, -0.1) is 0 Å². The summed E-state index contributed by atoms with van der Waals surface area (Å²) in [7, 11) is 0. The van der Waals surface area contributed by atoms with Crippen molar-refractivity contribution in [3.05, 3.63) is 24.3 Å². The minimum atomic E-state index is -0.224. The van der Waals surface area contributed by atoms with Crippen LogP contribution in [0.25, 0.3) is 0 Å². The summed E-state index contributed by atoms with van der Waals surface area (Å²) in [6, 6.07) is 6.97. The van der Waals surface area contributed by atoms with Crippen molar-refractivity contribution >= 4 is 17.6 Å². The number of ether oxygens (including phenoxy) is 1. The molecule has 2 N–H and O–H groups in total. The maximum atomic E-state index is 12.2. The molecule has 0 spiro atoms. The van der Waals surface area contributed by atoms with Gasteiger partial charge in [-0.2, -0.15) is 0 Å². The Balaban J connectivity index is 1.44. The average Bonchev–Trinajstić information content (AvgIpc) is 2.67. The average molecular weight is 348 g/mol. The number of phenolic OH excluding ortho intramolecular Hbond substituents is 1.